The Morgan fingerprint density at radius 1 is 1.33 bits per heavy atom. The van der Waals surface area contributed by atoms with Crippen molar-refractivity contribution in [1.82, 2.24) is 19.9 Å². The van der Waals surface area contributed by atoms with Crippen molar-refractivity contribution in [3.8, 4) is 10.6 Å². The summed E-state index contributed by atoms with van der Waals surface area (Å²) in [6.45, 7) is 1.90. The van der Waals surface area contributed by atoms with E-state index in [1.807, 2.05) is 39.2 Å². The Hall–Kier alpha value is -2.45. The van der Waals surface area contributed by atoms with Gasteiger partial charge in [0, 0.05) is 25.9 Å². The molecule has 0 N–H and O–H groups in total. The summed E-state index contributed by atoms with van der Waals surface area (Å²) >= 11 is 1.65. The molecule has 0 saturated carbocycles. The topological polar surface area (TPSA) is 73.4 Å². The van der Waals surface area contributed by atoms with Crippen molar-refractivity contribution in [2.24, 2.45) is 0 Å². The normalized spacial score (nSPS) is 21.7. The largest absolute Gasteiger partial charge is 0.460 e. The van der Waals surface area contributed by atoms with Crippen LogP contribution in [0.2, 0.25) is 0 Å². The number of hydrogen-bond donors (Lipinski definition) is 0. The van der Waals surface area contributed by atoms with E-state index in [2.05, 4.69) is 10.3 Å². The van der Waals surface area contributed by atoms with Crippen molar-refractivity contribution in [3.05, 3.63) is 47.3 Å². The van der Waals surface area contributed by atoms with Gasteiger partial charge in [-0.1, -0.05) is 11.3 Å². The third kappa shape index (κ3) is 3.19. The summed E-state index contributed by atoms with van der Waals surface area (Å²) in [7, 11) is 0. The van der Waals surface area contributed by atoms with Crippen molar-refractivity contribution in [2.75, 3.05) is 13.1 Å². The molecule has 0 radical (unpaired) electrons. The fourth-order valence-corrected chi connectivity index (χ4v) is 4.54. The Balaban J connectivity index is 1.21. The van der Waals surface area contributed by atoms with Crippen LogP contribution in [0.1, 0.15) is 30.3 Å². The SMILES string of the molecule is O=C(CCc1ccc(-c2cccs2)o1)N1CC[C@H]2OCc3cnnn3[C@@H]2C1. The number of carbonyl (C=O) groups is 1. The van der Waals surface area contributed by atoms with E-state index in [1.54, 1.807) is 17.5 Å². The third-order valence-electron chi connectivity index (χ3n) is 5.29. The fraction of sp³-hybridized carbons (Fsp3) is 0.421. The number of amides is 1. The fourth-order valence-electron chi connectivity index (χ4n) is 3.86. The van der Waals surface area contributed by atoms with Gasteiger partial charge in [-0.25, -0.2) is 4.68 Å². The predicted octanol–water partition coefficient (Wildman–Crippen LogP) is 2.90. The van der Waals surface area contributed by atoms with Crippen molar-refractivity contribution in [2.45, 2.75) is 38.0 Å². The van der Waals surface area contributed by atoms with Gasteiger partial charge in [0.15, 0.2) is 0 Å². The average molecular weight is 384 g/mol. The van der Waals surface area contributed by atoms with E-state index in [1.165, 1.54) is 0 Å². The van der Waals surface area contributed by atoms with Crippen LogP contribution in [0.15, 0.2) is 40.3 Å². The molecule has 0 aromatic carbocycles. The Morgan fingerprint density at radius 2 is 2.30 bits per heavy atom. The lowest BCUT2D eigenvalue weighted by Crippen LogP contribution is -2.49. The summed E-state index contributed by atoms with van der Waals surface area (Å²) in [5.74, 6) is 1.86. The first-order chi connectivity index (χ1) is 13.3. The second kappa shape index (κ2) is 6.94. The highest BCUT2D eigenvalue weighted by atomic mass is 32.1. The molecular formula is C19H20N4O3S. The molecule has 0 unspecified atom stereocenters. The van der Waals surface area contributed by atoms with Crippen molar-refractivity contribution in [3.63, 3.8) is 0 Å². The number of thiophene rings is 1. The monoisotopic (exact) mass is 384 g/mol. The molecule has 2 aliphatic heterocycles. The highest BCUT2D eigenvalue weighted by Crippen LogP contribution is 2.31. The lowest BCUT2D eigenvalue weighted by Gasteiger charge is -2.41. The van der Waals surface area contributed by atoms with Gasteiger partial charge in [-0.15, -0.1) is 16.4 Å². The van der Waals surface area contributed by atoms with E-state index >= 15 is 0 Å². The quantitative estimate of drug-likeness (QED) is 0.692. The first kappa shape index (κ1) is 16.7. The number of aryl methyl sites for hydroxylation is 1. The highest BCUT2D eigenvalue weighted by molar-refractivity contribution is 7.13. The van der Waals surface area contributed by atoms with Gasteiger partial charge in [-0.3, -0.25) is 4.79 Å². The minimum atomic E-state index is 0.0583. The van der Waals surface area contributed by atoms with E-state index in [4.69, 9.17) is 9.15 Å². The molecule has 3 aromatic rings. The summed E-state index contributed by atoms with van der Waals surface area (Å²) in [6.07, 6.45) is 3.74. The standard InChI is InChI=1S/C19H20N4O3S/c24-19(6-4-14-3-5-17(26-14)18-2-1-9-27-18)22-8-7-16-15(11-22)23-13(12-25-16)10-20-21-23/h1-3,5,9-10,15-16H,4,6-8,11-12H2/t15-,16-/m1/s1. The van der Waals surface area contributed by atoms with Gasteiger partial charge >= 0.3 is 0 Å². The molecule has 7 nitrogen and oxygen atoms in total. The minimum absolute atomic E-state index is 0.0583. The van der Waals surface area contributed by atoms with Crippen LogP contribution >= 0.6 is 11.3 Å². The van der Waals surface area contributed by atoms with Crippen LogP contribution in [0.4, 0.5) is 0 Å². The number of piperidine rings is 1. The molecule has 140 valence electrons. The molecule has 0 spiro atoms. The number of nitrogens with zero attached hydrogens (tertiary/aromatic N) is 4. The molecule has 5 rings (SSSR count). The Labute approximate surface area is 160 Å². The Bertz CT molecular complexity index is 933. The smallest absolute Gasteiger partial charge is 0.223 e. The molecule has 5 heterocycles. The number of fused-ring (bicyclic) bond motifs is 3. The number of furan rings is 1. The van der Waals surface area contributed by atoms with E-state index in [0.717, 1.165) is 35.1 Å². The van der Waals surface area contributed by atoms with E-state index in [9.17, 15) is 4.79 Å². The van der Waals surface area contributed by atoms with Gasteiger partial charge < -0.3 is 14.1 Å². The zero-order valence-corrected chi connectivity index (χ0v) is 15.6. The zero-order chi connectivity index (χ0) is 18.2. The predicted molar refractivity (Wildman–Crippen MR) is 99.2 cm³/mol. The lowest BCUT2D eigenvalue weighted by molar-refractivity contribution is -0.138. The van der Waals surface area contributed by atoms with E-state index < -0.39 is 0 Å². The second-order valence-electron chi connectivity index (χ2n) is 6.96. The van der Waals surface area contributed by atoms with Crippen molar-refractivity contribution in [1.29, 1.82) is 0 Å². The van der Waals surface area contributed by atoms with Gasteiger partial charge in [0.1, 0.15) is 11.5 Å². The molecule has 0 aliphatic carbocycles. The zero-order valence-electron chi connectivity index (χ0n) is 14.8. The third-order valence-corrected chi connectivity index (χ3v) is 6.18. The van der Waals surface area contributed by atoms with Crippen LogP contribution < -0.4 is 0 Å². The highest BCUT2D eigenvalue weighted by Gasteiger charge is 2.37. The molecule has 27 heavy (non-hydrogen) atoms. The number of hydrogen-bond acceptors (Lipinski definition) is 6. The minimum Gasteiger partial charge on any atom is -0.460 e. The van der Waals surface area contributed by atoms with Crippen LogP contribution in [0.3, 0.4) is 0 Å². The van der Waals surface area contributed by atoms with Crippen LogP contribution in [0.25, 0.3) is 10.6 Å². The van der Waals surface area contributed by atoms with Gasteiger partial charge in [-0.2, -0.15) is 0 Å². The van der Waals surface area contributed by atoms with Crippen LogP contribution in [-0.2, 0) is 22.6 Å². The first-order valence-corrected chi connectivity index (χ1v) is 10.1. The van der Waals surface area contributed by atoms with Gasteiger partial charge in [0.05, 0.1) is 35.5 Å². The number of rotatable bonds is 4. The molecule has 1 amide bonds. The number of carbonyl (C=O) groups excluding carboxylic acids is 1. The number of likely N-dealkylation sites (tertiary alicyclic amines) is 1. The number of ether oxygens (including phenoxy) is 1. The lowest BCUT2D eigenvalue weighted by atomic mass is 10.00. The molecule has 1 saturated heterocycles. The first-order valence-electron chi connectivity index (χ1n) is 9.19. The Morgan fingerprint density at radius 3 is 3.19 bits per heavy atom. The molecule has 8 heteroatoms. The molecule has 0 bridgehead atoms. The van der Waals surface area contributed by atoms with Gasteiger partial charge in [-0.05, 0) is 30.0 Å². The van der Waals surface area contributed by atoms with E-state index in [0.29, 0.717) is 26.0 Å². The molecule has 2 atom stereocenters. The van der Waals surface area contributed by atoms with E-state index in [-0.39, 0.29) is 18.1 Å². The average Bonchev–Trinajstić information content (AvgIpc) is 3.46. The van der Waals surface area contributed by atoms with Crippen molar-refractivity contribution >= 4 is 17.2 Å². The van der Waals surface area contributed by atoms with Crippen LogP contribution in [0.5, 0.6) is 0 Å². The maximum atomic E-state index is 12.7. The summed E-state index contributed by atoms with van der Waals surface area (Å²) in [4.78, 5) is 15.8. The summed E-state index contributed by atoms with van der Waals surface area (Å²) in [6, 6.07) is 8.04. The van der Waals surface area contributed by atoms with Crippen LogP contribution in [0, 0.1) is 0 Å². The molecule has 1 fully saturated rings. The molecule has 3 aromatic heterocycles. The molecule has 2 aliphatic rings. The summed E-state index contributed by atoms with van der Waals surface area (Å²) < 4.78 is 13.7. The van der Waals surface area contributed by atoms with Gasteiger partial charge in [0.2, 0.25) is 5.91 Å². The summed E-state index contributed by atoms with van der Waals surface area (Å²) in [5.41, 5.74) is 0.974. The Kier molecular flexibility index (Phi) is 4.29. The van der Waals surface area contributed by atoms with Crippen molar-refractivity contribution < 1.29 is 13.9 Å². The maximum absolute atomic E-state index is 12.7. The second-order valence-corrected chi connectivity index (χ2v) is 7.91. The molecular weight excluding hydrogens is 364 g/mol. The summed E-state index contributed by atoms with van der Waals surface area (Å²) in [5, 5.41) is 10.2. The maximum Gasteiger partial charge on any atom is 0.223 e. The number of aromatic nitrogens is 3. The van der Waals surface area contributed by atoms with Gasteiger partial charge in [0.25, 0.3) is 0 Å². The van der Waals surface area contributed by atoms with Crippen LogP contribution in [-0.4, -0.2) is 45.0 Å².